The molecule has 2 radical (unpaired) electrons. The number of hydrogen-bond donors (Lipinski definition) is 2. The van der Waals surface area contributed by atoms with E-state index in [1.807, 2.05) is 0 Å². The zero-order chi connectivity index (χ0) is 7.28. The van der Waals surface area contributed by atoms with E-state index >= 15 is 0 Å². The second-order valence-electron chi connectivity index (χ2n) is 1.26. The van der Waals surface area contributed by atoms with Gasteiger partial charge in [0.2, 0.25) is 0 Å². The van der Waals surface area contributed by atoms with Crippen molar-refractivity contribution in [3.05, 3.63) is 12.0 Å². The van der Waals surface area contributed by atoms with Crippen molar-refractivity contribution in [3.63, 3.8) is 0 Å². The molecule has 0 spiro atoms. The maximum Gasteiger partial charge on any atom is 0.378 e. The summed E-state index contributed by atoms with van der Waals surface area (Å²) in [5.41, 5.74) is 0. The standard InChI is InChI=1S/C4H5BO4/c5-9-4(8)2-1-3(6)7/h2,8H,1H2,(H,6,7)/b4-2+. The summed E-state index contributed by atoms with van der Waals surface area (Å²) in [6.07, 6.45) is 0.644. The highest BCUT2D eigenvalue weighted by Crippen LogP contribution is 1.90. The van der Waals surface area contributed by atoms with E-state index in [1.54, 1.807) is 0 Å². The molecule has 0 bridgehead atoms. The van der Waals surface area contributed by atoms with E-state index in [-0.39, 0.29) is 6.42 Å². The topological polar surface area (TPSA) is 66.8 Å². The lowest BCUT2D eigenvalue weighted by Crippen LogP contribution is -1.93. The van der Waals surface area contributed by atoms with Gasteiger partial charge < -0.3 is 14.9 Å². The monoisotopic (exact) mass is 128 g/mol. The van der Waals surface area contributed by atoms with Gasteiger partial charge in [-0.1, -0.05) is 0 Å². The Morgan fingerprint density at radius 3 is 2.56 bits per heavy atom. The van der Waals surface area contributed by atoms with Crippen molar-refractivity contribution >= 4 is 14.0 Å². The molecule has 0 aromatic rings. The van der Waals surface area contributed by atoms with Crippen LogP contribution in [0.2, 0.25) is 0 Å². The Kier molecular flexibility index (Phi) is 3.35. The highest BCUT2D eigenvalue weighted by Gasteiger charge is 1.93. The van der Waals surface area contributed by atoms with Gasteiger partial charge in [0.05, 0.1) is 6.42 Å². The number of carboxylic acids is 1. The molecular weight excluding hydrogens is 123 g/mol. The maximum absolute atomic E-state index is 9.77. The summed E-state index contributed by atoms with van der Waals surface area (Å²) in [4.78, 5) is 9.77. The summed E-state index contributed by atoms with van der Waals surface area (Å²) in [5, 5.41) is 16.4. The third-order valence-electron chi connectivity index (χ3n) is 0.572. The Labute approximate surface area is 53.2 Å². The molecule has 0 aromatic heterocycles. The average Bonchev–Trinajstić information content (AvgIpc) is 1.83. The van der Waals surface area contributed by atoms with Crippen LogP contribution >= 0.6 is 0 Å². The van der Waals surface area contributed by atoms with Crippen LogP contribution < -0.4 is 0 Å². The molecule has 0 atom stereocenters. The van der Waals surface area contributed by atoms with E-state index in [2.05, 4.69) is 12.7 Å². The summed E-state index contributed by atoms with van der Waals surface area (Å²) in [5.74, 6) is -1.64. The molecule has 0 aliphatic heterocycles. The van der Waals surface area contributed by atoms with E-state index < -0.39 is 11.9 Å². The van der Waals surface area contributed by atoms with Crippen molar-refractivity contribution in [2.75, 3.05) is 0 Å². The predicted octanol–water partition coefficient (Wildman–Crippen LogP) is -0.0394. The molecule has 0 saturated carbocycles. The van der Waals surface area contributed by atoms with Crippen LogP contribution in [0.4, 0.5) is 0 Å². The van der Waals surface area contributed by atoms with Gasteiger partial charge in [0.25, 0.3) is 5.95 Å². The largest absolute Gasteiger partial charge is 0.544 e. The first-order valence-corrected chi connectivity index (χ1v) is 2.14. The van der Waals surface area contributed by atoms with E-state index in [4.69, 9.17) is 10.2 Å². The molecule has 0 fully saturated rings. The van der Waals surface area contributed by atoms with E-state index in [0.717, 1.165) is 6.08 Å². The normalized spacial score (nSPS) is 10.9. The molecule has 2 N–H and O–H groups in total. The highest BCUT2D eigenvalue weighted by atomic mass is 16.6. The van der Waals surface area contributed by atoms with Gasteiger partial charge in [-0.05, 0) is 0 Å². The summed E-state index contributed by atoms with van der Waals surface area (Å²) in [7, 11) is 4.45. The van der Waals surface area contributed by atoms with Gasteiger partial charge in [0.15, 0.2) is 0 Å². The molecule has 0 unspecified atom stereocenters. The second-order valence-corrected chi connectivity index (χ2v) is 1.26. The van der Waals surface area contributed by atoms with Crippen LogP contribution in [0.15, 0.2) is 12.0 Å². The second kappa shape index (κ2) is 3.83. The number of hydrogen-bond acceptors (Lipinski definition) is 3. The molecule has 0 aliphatic rings. The lowest BCUT2D eigenvalue weighted by Gasteiger charge is -1.93. The van der Waals surface area contributed by atoms with Crippen LogP contribution in [0, 0.1) is 0 Å². The number of carbonyl (C=O) groups is 1. The molecule has 5 heteroatoms. The Hall–Kier alpha value is -1.13. The Morgan fingerprint density at radius 2 is 2.22 bits per heavy atom. The van der Waals surface area contributed by atoms with Gasteiger partial charge in [-0.2, -0.15) is 0 Å². The van der Waals surface area contributed by atoms with E-state index in [1.165, 1.54) is 0 Å². The van der Waals surface area contributed by atoms with Gasteiger partial charge in [0.1, 0.15) is 0 Å². The van der Waals surface area contributed by atoms with Crippen LogP contribution in [-0.4, -0.2) is 24.2 Å². The molecule has 0 amide bonds. The minimum atomic E-state index is -1.06. The van der Waals surface area contributed by atoms with Gasteiger partial charge >= 0.3 is 14.0 Å². The average molecular weight is 128 g/mol. The molecular formula is C4H5BO4. The highest BCUT2D eigenvalue weighted by molar-refractivity contribution is 5.98. The van der Waals surface area contributed by atoms with Crippen LogP contribution in [-0.2, 0) is 9.45 Å². The van der Waals surface area contributed by atoms with Crippen LogP contribution in [0.25, 0.3) is 0 Å². The predicted molar refractivity (Wildman–Crippen MR) is 29.8 cm³/mol. The summed E-state index contributed by atoms with van der Waals surface area (Å²) >= 11 is 0. The third kappa shape index (κ3) is 4.73. The number of aliphatic hydroxyl groups is 1. The lowest BCUT2D eigenvalue weighted by molar-refractivity contribution is -0.136. The van der Waals surface area contributed by atoms with Gasteiger partial charge in [-0.15, -0.1) is 0 Å². The molecule has 4 nitrogen and oxygen atoms in total. The van der Waals surface area contributed by atoms with E-state index in [0.29, 0.717) is 0 Å². The summed E-state index contributed by atoms with van der Waals surface area (Å²) in [6.45, 7) is 0. The smallest absolute Gasteiger partial charge is 0.378 e. The minimum absolute atomic E-state index is 0.303. The number of rotatable bonds is 3. The zero-order valence-corrected chi connectivity index (χ0v) is 4.57. The maximum atomic E-state index is 9.77. The van der Waals surface area contributed by atoms with Crippen molar-refractivity contribution in [2.45, 2.75) is 6.42 Å². The van der Waals surface area contributed by atoms with Crippen molar-refractivity contribution in [1.29, 1.82) is 0 Å². The fourth-order valence-electron chi connectivity index (χ4n) is 0.223. The molecule has 0 heterocycles. The number of carboxylic acid groups (broad SMARTS) is 1. The van der Waals surface area contributed by atoms with Crippen LogP contribution in [0.5, 0.6) is 0 Å². The molecule has 0 saturated heterocycles. The van der Waals surface area contributed by atoms with Crippen LogP contribution in [0.3, 0.4) is 0 Å². The Morgan fingerprint density at radius 1 is 1.67 bits per heavy atom. The number of aliphatic carboxylic acids is 1. The van der Waals surface area contributed by atoms with Crippen molar-refractivity contribution < 1.29 is 19.7 Å². The lowest BCUT2D eigenvalue weighted by atomic mass is 10.4. The SMILES string of the molecule is [B]O/C(O)=C/CC(=O)O. The fourth-order valence-corrected chi connectivity index (χ4v) is 0.223. The summed E-state index contributed by atoms with van der Waals surface area (Å²) in [6, 6.07) is 0. The first-order valence-electron chi connectivity index (χ1n) is 2.14. The number of aliphatic hydroxyl groups excluding tert-OH is 1. The Balaban J connectivity index is 3.56. The molecule has 0 aliphatic carbocycles. The first-order chi connectivity index (χ1) is 4.16. The van der Waals surface area contributed by atoms with Crippen LogP contribution in [0.1, 0.15) is 6.42 Å². The molecule has 9 heavy (non-hydrogen) atoms. The van der Waals surface area contributed by atoms with Crippen molar-refractivity contribution in [1.82, 2.24) is 0 Å². The summed E-state index contributed by atoms with van der Waals surface area (Å²) < 4.78 is 3.75. The van der Waals surface area contributed by atoms with Gasteiger partial charge in [-0.25, -0.2) is 0 Å². The molecule has 0 aromatic carbocycles. The molecule has 48 valence electrons. The quantitative estimate of drug-likeness (QED) is 0.413. The van der Waals surface area contributed by atoms with Gasteiger partial charge in [0, 0.05) is 6.08 Å². The first kappa shape index (κ1) is 7.87. The molecule has 0 rings (SSSR count). The van der Waals surface area contributed by atoms with Gasteiger partial charge in [-0.3, -0.25) is 4.79 Å². The zero-order valence-electron chi connectivity index (χ0n) is 4.57. The van der Waals surface area contributed by atoms with E-state index in [9.17, 15) is 4.79 Å². The van der Waals surface area contributed by atoms with Crippen molar-refractivity contribution in [2.24, 2.45) is 0 Å². The van der Waals surface area contributed by atoms with Crippen molar-refractivity contribution in [3.8, 4) is 0 Å². The minimum Gasteiger partial charge on any atom is -0.544 e. The Bertz CT molecular complexity index is 131. The third-order valence-corrected chi connectivity index (χ3v) is 0.572. The fraction of sp³-hybridized carbons (Fsp3) is 0.250.